The van der Waals surface area contributed by atoms with Crippen LogP contribution in [0.4, 0.5) is 0 Å². The molecule has 0 radical (unpaired) electrons. The second kappa shape index (κ2) is 11.5. The fourth-order valence-corrected chi connectivity index (χ4v) is 2.21. The van der Waals surface area contributed by atoms with E-state index in [1.165, 1.54) is 5.56 Å². The van der Waals surface area contributed by atoms with Gasteiger partial charge < -0.3 is 15.5 Å². The van der Waals surface area contributed by atoms with E-state index in [1.54, 1.807) is 6.20 Å². The zero-order valence-electron chi connectivity index (χ0n) is 14.5. The van der Waals surface area contributed by atoms with Gasteiger partial charge in [0.1, 0.15) is 0 Å². The predicted octanol–water partition coefficient (Wildman–Crippen LogP) is 1.44. The number of guanidine groups is 1. The molecule has 128 valence electrons. The lowest BCUT2D eigenvalue weighted by atomic mass is 10.2. The highest BCUT2D eigenvalue weighted by molar-refractivity contribution is 5.80. The van der Waals surface area contributed by atoms with E-state index in [0.717, 1.165) is 38.6 Å². The molecule has 0 saturated carbocycles. The molecule has 0 aliphatic rings. The van der Waals surface area contributed by atoms with Crippen molar-refractivity contribution in [1.82, 2.24) is 20.5 Å². The first-order valence-corrected chi connectivity index (χ1v) is 8.40. The average molecular weight is 319 g/mol. The Hall–Kier alpha value is -2.11. The fourth-order valence-electron chi connectivity index (χ4n) is 2.21. The van der Waals surface area contributed by atoms with Gasteiger partial charge in [-0.15, -0.1) is 0 Å². The maximum atomic E-state index is 12.0. The van der Waals surface area contributed by atoms with Crippen LogP contribution >= 0.6 is 0 Å². The van der Waals surface area contributed by atoms with Gasteiger partial charge in [-0.25, -0.2) is 0 Å². The Balaban J connectivity index is 2.39. The van der Waals surface area contributed by atoms with Gasteiger partial charge in [-0.05, 0) is 38.8 Å². The third-order valence-electron chi connectivity index (χ3n) is 3.48. The normalized spacial score (nSPS) is 11.2. The molecular weight excluding hydrogens is 290 g/mol. The summed E-state index contributed by atoms with van der Waals surface area (Å²) in [5.41, 5.74) is 1.19. The largest absolute Gasteiger partial charge is 0.357 e. The van der Waals surface area contributed by atoms with Crippen LogP contribution in [-0.2, 0) is 11.2 Å². The molecule has 23 heavy (non-hydrogen) atoms. The zero-order valence-corrected chi connectivity index (χ0v) is 14.5. The first kappa shape index (κ1) is 18.9. The summed E-state index contributed by atoms with van der Waals surface area (Å²) < 4.78 is 0. The summed E-state index contributed by atoms with van der Waals surface area (Å²) in [6, 6.07) is 3.99. The molecule has 0 atom stereocenters. The Kier molecular flexibility index (Phi) is 9.43. The van der Waals surface area contributed by atoms with E-state index in [4.69, 9.17) is 0 Å². The second-order valence-electron chi connectivity index (χ2n) is 5.11. The number of nitrogens with one attached hydrogen (secondary N) is 2. The van der Waals surface area contributed by atoms with Crippen LogP contribution in [0.2, 0.25) is 0 Å². The third-order valence-corrected chi connectivity index (χ3v) is 3.48. The minimum absolute atomic E-state index is 0.157. The van der Waals surface area contributed by atoms with Crippen molar-refractivity contribution in [2.24, 2.45) is 4.99 Å². The first-order valence-electron chi connectivity index (χ1n) is 8.40. The van der Waals surface area contributed by atoms with Gasteiger partial charge in [0.2, 0.25) is 5.91 Å². The summed E-state index contributed by atoms with van der Waals surface area (Å²) in [6.07, 6.45) is 4.97. The van der Waals surface area contributed by atoms with Crippen molar-refractivity contribution in [3.63, 3.8) is 0 Å². The third kappa shape index (κ3) is 7.63. The van der Waals surface area contributed by atoms with Crippen LogP contribution in [0.15, 0.2) is 29.5 Å². The van der Waals surface area contributed by atoms with Crippen molar-refractivity contribution < 1.29 is 4.79 Å². The Morgan fingerprint density at radius 2 is 2.04 bits per heavy atom. The molecule has 0 aromatic carbocycles. The lowest BCUT2D eigenvalue weighted by Crippen LogP contribution is -2.38. The lowest BCUT2D eigenvalue weighted by molar-refractivity contribution is -0.130. The molecule has 0 unspecified atom stereocenters. The highest BCUT2D eigenvalue weighted by Gasteiger charge is 2.08. The van der Waals surface area contributed by atoms with Crippen molar-refractivity contribution in [2.75, 3.05) is 32.7 Å². The number of rotatable bonds is 9. The summed E-state index contributed by atoms with van der Waals surface area (Å²) in [7, 11) is 0. The van der Waals surface area contributed by atoms with E-state index < -0.39 is 0 Å². The summed E-state index contributed by atoms with van der Waals surface area (Å²) >= 11 is 0. The Bertz CT molecular complexity index is 471. The first-order chi connectivity index (χ1) is 11.2. The van der Waals surface area contributed by atoms with E-state index in [-0.39, 0.29) is 5.91 Å². The Morgan fingerprint density at radius 1 is 1.26 bits per heavy atom. The number of aromatic nitrogens is 1. The Labute approximate surface area is 139 Å². The van der Waals surface area contributed by atoms with Gasteiger partial charge in [0.25, 0.3) is 0 Å². The quantitative estimate of drug-likeness (QED) is 0.534. The van der Waals surface area contributed by atoms with Crippen LogP contribution in [-0.4, -0.2) is 54.5 Å². The molecule has 0 fully saturated rings. The lowest BCUT2D eigenvalue weighted by Gasteiger charge is -2.18. The van der Waals surface area contributed by atoms with Crippen molar-refractivity contribution in [3.8, 4) is 0 Å². The molecule has 1 heterocycles. The fraction of sp³-hybridized carbons (Fsp3) is 0.588. The van der Waals surface area contributed by atoms with Crippen LogP contribution in [0, 0.1) is 0 Å². The molecule has 2 N–H and O–H groups in total. The van der Waals surface area contributed by atoms with Crippen LogP contribution in [0.3, 0.4) is 0 Å². The van der Waals surface area contributed by atoms with Crippen LogP contribution < -0.4 is 10.6 Å². The molecule has 0 spiro atoms. The van der Waals surface area contributed by atoms with Gasteiger partial charge in [0, 0.05) is 45.0 Å². The van der Waals surface area contributed by atoms with Crippen molar-refractivity contribution in [1.29, 1.82) is 0 Å². The molecule has 0 saturated heterocycles. The smallest absolute Gasteiger partial charge is 0.224 e. The number of hydrogen-bond acceptors (Lipinski definition) is 3. The highest BCUT2D eigenvalue weighted by atomic mass is 16.2. The molecule has 0 aliphatic heterocycles. The molecular formula is C17H29N5O. The molecule has 1 amide bonds. The second-order valence-corrected chi connectivity index (χ2v) is 5.11. The monoisotopic (exact) mass is 319 g/mol. The molecule has 1 aromatic rings. The standard InChI is InChI=1S/C17H29N5O/c1-4-19-17(20-12-9-15-8-7-11-18-14-15)21-13-10-16(23)22(5-2)6-3/h7-8,11,14H,4-6,9-10,12-13H2,1-3H3,(H2,19,20,21). The Morgan fingerprint density at radius 3 is 2.65 bits per heavy atom. The summed E-state index contributed by atoms with van der Waals surface area (Å²) in [5.74, 6) is 0.911. The van der Waals surface area contributed by atoms with Gasteiger partial charge in [-0.1, -0.05) is 6.07 Å². The van der Waals surface area contributed by atoms with E-state index >= 15 is 0 Å². The summed E-state index contributed by atoms with van der Waals surface area (Å²) in [5, 5.41) is 6.48. The zero-order chi connectivity index (χ0) is 16.9. The number of carbonyl (C=O) groups excluding carboxylic acids is 1. The van der Waals surface area contributed by atoms with Gasteiger partial charge in [-0.3, -0.25) is 14.8 Å². The number of carbonyl (C=O) groups is 1. The number of aliphatic imine (C=N–C) groups is 1. The van der Waals surface area contributed by atoms with Crippen LogP contribution in [0.1, 0.15) is 32.8 Å². The average Bonchev–Trinajstić information content (AvgIpc) is 2.57. The number of amides is 1. The van der Waals surface area contributed by atoms with E-state index in [1.807, 2.05) is 37.9 Å². The number of hydrogen-bond donors (Lipinski definition) is 2. The minimum atomic E-state index is 0.157. The highest BCUT2D eigenvalue weighted by Crippen LogP contribution is 1.96. The molecule has 6 nitrogen and oxygen atoms in total. The van der Waals surface area contributed by atoms with Gasteiger partial charge >= 0.3 is 0 Å². The van der Waals surface area contributed by atoms with Crippen molar-refractivity contribution in [3.05, 3.63) is 30.1 Å². The topological polar surface area (TPSA) is 69.6 Å². The predicted molar refractivity (Wildman–Crippen MR) is 94.5 cm³/mol. The molecule has 1 aromatic heterocycles. The van der Waals surface area contributed by atoms with Crippen LogP contribution in [0.25, 0.3) is 0 Å². The van der Waals surface area contributed by atoms with Crippen LogP contribution in [0.5, 0.6) is 0 Å². The van der Waals surface area contributed by atoms with Gasteiger partial charge in [0.05, 0.1) is 6.54 Å². The summed E-state index contributed by atoms with van der Waals surface area (Å²) in [4.78, 5) is 22.4. The van der Waals surface area contributed by atoms with Gasteiger partial charge in [-0.2, -0.15) is 0 Å². The number of nitrogens with zero attached hydrogens (tertiary/aromatic N) is 3. The maximum Gasteiger partial charge on any atom is 0.224 e. The van der Waals surface area contributed by atoms with E-state index in [9.17, 15) is 4.79 Å². The SMILES string of the molecule is CCNC(=NCCC(=O)N(CC)CC)NCCc1cccnc1. The van der Waals surface area contributed by atoms with Crippen molar-refractivity contribution >= 4 is 11.9 Å². The molecule has 6 heteroatoms. The van der Waals surface area contributed by atoms with Gasteiger partial charge in [0.15, 0.2) is 5.96 Å². The molecule has 0 bridgehead atoms. The maximum absolute atomic E-state index is 12.0. The van der Waals surface area contributed by atoms with Crippen molar-refractivity contribution in [2.45, 2.75) is 33.6 Å². The molecule has 1 rings (SSSR count). The van der Waals surface area contributed by atoms with E-state index in [0.29, 0.717) is 13.0 Å². The minimum Gasteiger partial charge on any atom is -0.357 e. The molecule has 0 aliphatic carbocycles. The summed E-state index contributed by atoms with van der Waals surface area (Å²) in [6.45, 7) is 9.59. The number of pyridine rings is 1. The van der Waals surface area contributed by atoms with E-state index in [2.05, 4.69) is 26.7 Å².